The van der Waals surface area contributed by atoms with Crippen molar-refractivity contribution in [3.05, 3.63) is 35.4 Å². The molecule has 2 nitrogen and oxygen atoms in total. The Hall–Kier alpha value is -0.860. The fourth-order valence-corrected chi connectivity index (χ4v) is 2.63. The van der Waals surface area contributed by atoms with Crippen LogP contribution < -0.4 is 5.32 Å². The van der Waals surface area contributed by atoms with Crippen molar-refractivity contribution in [3.63, 3.8) is 0 Å². The van der Waals surface area contributed by atoms with E-state index >= 15 is 0 Å². The highest BCUT2D eigenvalue weighted by molar-refractivity contribution is 5.28. The molecule has 0 aromatic heterocycles. The number of benzene rings is 1. The van der Waals surface area contributed by atoms with E-state index in [0.717, 1.165) is 32.7 Å². The van der Waals surface area contributed by atoms with Crippen LogP contribution in [0.1, 0.15) is 38.8 Å². The molecular weight excluding hydrogens is 234 g/mol. The molecule has 1 aromatic rings. The van der Waals surface area contributed by atoms with Crippen molar-refractivity contribution in [2.45, 2.75) is 39.5 Å². The second-order valence-electron chi connectivity index (χ2n) is 7.16. The summed E-state index contributed by atoms with van der Waals surface area (Å²) in [7, 11) is 0. The summed E-state index contributed by atoms with van der Waals surface area (Å²) in [6.45, 7) is 12.8. The smallest absolute Gasteiger partial charge is 0.0591 e. The average molecular weight is 261 g/mol. The summed E-state index contributed by atoms with van der Waals surface area (Å²) in [6, 6.07) is 9.08. The van der Waals surface area contributed by atoms with E-state index in [4.69, 9.17) is 4.74 Å². The van der Waals surface area contributed by atoms with Crippen molar-refractivity contribution in [2.24, 2.45) is 5.41 Å². The molecule has 0 saturated carbocycles. The molecule has 0 aliphatic carbocycles. The minimum atomic E-state index is 0.208. The maximum absolute atomic E-state index is 5.70. The lowest BCUT2D eigenvalue weighted by Gasteiger charge is -2.28. The summed E-state index contributed by atoms with van der Waals surface area (Å²) >= 11 is 0. The van der Waals surface area contributed by atoms with E-state index in [1.807, 2.05) is 0 Å². The first-order valence-corrected chi connectivity index (χ1v) is 7.27. The van der Waals surface area contributed by atoms with Crippen molar-refractivity contribution in [3.8, 4) is 0 Å². The molecule has 2 rings (SSSR count). The quantitative estimate of drug-likeness (QED) is 0.883. The van der Waals surface area contributed by atoms with Gasteiger partial charge in [0.2, 0.25) is 0 Å². The molecule has 1 aromatic carbocycles. The zero-order valence-corrected chi connectivity index (χ0v) is 12.8. The third kappa shape index (κ3) is 4.05. The molecule has 19 heavy (non-hydrogen) atoms. The normalized spacial score (nSPS) is 25.1. The fourth-order valence-electron chi connectivity index (χ4n) is 2.63. The van der Waals surface area contributed by atoms with Gasteiger partial charge in [-0.05, 0) is 23.0 Å². The van der Waals surface area contributed by atoms with E-state index in [1.165, 1.54) is 11.1 Å². The number of rotatable bonds is 2. The van der Waals surface area contributed by atoms with Gasteiger partial charge in [-0.25, -0.2) is 0 Å². The fraction of sp³-hybridized carbons (Fsp3) is 0.647. The van der Waals surface area contributed by atoms with Crippen LogP contribution in [0.25, 0.3) is 0 Å². The Bertz CT molecular complexity index is 394. The molecule has 1 unspecified atom stereocenters. The first-order valence-electron chi connectivity index (χ1n) is 7.27. The summed E-state index contributed by atoms with van der Waals surface area (Å²) in [5.74, 6) is 0. The minimum Gasteiger partial charge on any atom is -0.380 e. The van der Waals surface area contributed by atoms with Crippen LogP contribution in [0.15, 0.2) is 24.3 Å². The molecule has 1 N–H and O–H groups in total. The summed E-state index contributed by atoms with van der Waals surface area (Å²) in [5, 5.41) is 3.47. The van der Waals surface area contributed by atoms with Gasteiger partial charge in [0.25, 0.3) is 0 Å². The maximum Gasteiger partial charge on any atom is 0.0591 e. The Kier molecular flexibility index (Phi) is 4.32. The predicted octanol–water partition coefficient (Wildman–Crippen LogP) is 3.15. The Morgan fingerprint density at radius 3 is 2.53 bits per heavy atom. The van der Waals surface area contributed by atoms with E-state index in [1.54, 1.807) is 0 Å². The van der Waals surface area contributed by atoms with Gasteiger partial charge in [0.1, 0.15) is 0 Å². The van der Waals surface area contributed by atoms with E-state index in [2.05, 4.69) is 57.3 Å². The lowest BCUT2D eigenvalue weighted by molar-refractivity contribution is 0.0796. The zero-order chi connectivity index (χ0) is 13.9. The van der Waals surface area contributed by atoms with Gasteiger partial charge >= 0.3 is 0 Å². The summed E-state index contributed by atoms with van der Waals surface area (Å²) in [6.07, 6.45) is 1.07. The highest BCUT2D eigenvalue weighted by atomic mass is 16.5. The van der Waals surface area contributed by atoms with Gasteiger partial charge in [-0.15, -0.1) is 0 Å². The molecule has 0 bridgehead atoms. The van der Waals surface area contributed by atoms with Gasteiger partial charge in [-0.1, -0.05) is 52.0 Å². The van der Waals surface area contributed by atoms with Gasteiger partial charge in [0, 0.05) is 18.5 Å². The van der Waals surface area contributed by atoms with Crippen LogP contribution in [-0.2, 0) is 16.6 Å². The minimum absolute atomic E-state index is 0.208. The molecule has 2 heteroatoms. The first-order chi connectivity index (χ1) is 8.89. The molecule has 1 aliphatic rings. The molecule has 1 fully saturated rings. The standard InChI is InChI=1S/C17H27NO/c1-16(2,3)15-7-5-14(6-8-15)11-17(4)12-18-9-10-19-13-17/h5-8,18H,9-13H2,1-4H3. The van der Waals surface area contributed by atoms with Crippen LogP contribution in [-0.4, -0.2) is 26.3 Å². The number of nitrogens with one attached hydrogen (secondary N) is 1. The van der Waals surface area contributed by atoms with Gasteiger partial charge in [0.15, 0.2) is 0 Å². The highest BCUT2D eigenvalue weighted by Crippen LogP contribution is 2.26. The molecular formula is C17H27NO. The Balaban J connectivity index is 2.06. The van der Waals surface area contributed by atoms with Crippen LogP contribution in [0, 0.1) is 5.41 Å². The zero-order valence-electron chi connectivity index (χ0n) is 12.8. The summed E-state index contributed by atoms with van der Waals surface area (Å²) < 4.78 is 5.70. The molecule has 106 valence electrons. The molecule has 0 radical (unpaired) electrons. The average Bonchev–Trinajstić information content (AvgIpc) is 2.53. The van der Waals surface area contributed by atoms with E-state index in [-0.39, 0.29) is 10.8 Å². The second kappa shape index (κ2) is 5.64. The van der Waals surface area contributed by atoms with Crippen molar-refractivity contribution in [1.29, 1.82) is 0 Å². The Labute approximate surface area is 117 Å². The molecule has 1 aliphatic heterocycles. The van der Waals surface area contributed by atoms with Crippen LogP contribution in [0.3, 0.4) is 0 Å². The van der Waals surface area contributed by atoms with E-state index in [0.29, 0.717) is 0 Å². The number of hydrogen-bond acceptors (Lipinski definition) is 2. The van der Waals surface area contributed by atoms with Crippen molar-refractivity contribution >= 4 is 0 Å². The van der Waals surface area contributed by atoms with Crippen molar-refractivity contribution in [1.82, 2.24) is 5.32 Å². The largest absolute Gasteiger partial charge is 0.380 e. The van der Waals surface area contributed by atoms with Gasteiger partial charge in [-0.3, -0.25) is 0 Å². The lowest BCUT2D eigenvalue weighted by atomic mass is 9.82. The van der Waals surface area contributed by atoms with Crippen LogP contribution in [0.2, 0.25) is 0 Å². The van der Waals surface area contributed by atoms with Gasteiger partial charge < -0.3 is 10.1 Å². The lowest BCUT2D eigenvalue weighted by Crippen LogP contribution is -2.34. The van der Waals surface area contributed by atoms with E-state index < -0.39 is 0 Å². The number of hydrogen-bond donors (Lipinski definition) is 1. The SMILES string of the molecule is CC1(Cc2ccc(C(C)(C)C)cc2)CNCCOC1. The molecule has 1 saturated heterocycles. The maximum atomic E-state index is 5.70. The molecule has 0 spiro atoms. The van der Waals surface area contributed by atoms with Crippen molar-refractivity contribution in [2.75, 3.05) is 26.3 Å². The van der Waals surface area contributed by atoms with Crippen LogP contribution in [0.5, 0.6) is 0 Å². The molecule has 1 heterocycles. The Morgan fingerprint density at radius 1 is 1.21 bits per heavy atom. The van der Waals surface area contributed by atoms with Crippen molar-refractivity contribution < 1.29 is 4.74 Å². The van der Waals surface area contributed by atoms with Crippen LogP contribution >= 0.6 is 0 Å². The molecule has 0 amide bonds. The Morgan fingerprint density at radius 2 is 1.89 bits per heavy atom. The highest BCUT2D eigenvalue weighted by Gasteiger charge is 2.26. The topological polar surface area (TPSA) is 21.3 Å². The first kappa shape index (κ1) is 14.5. The predicted molar refractivity (Wildman–Crippen MR) is 80.6 cm³/mol. The third-order valence-corrected chi connectivity index (χ3v) is 3.88. The molecule has 1 atom stereocenters. The van der Waals surface area contributed by atoms with Gasteiger partial charge in [0.05, 0.1) is 13.2 Å². The monoisotopic (exact) mass is 261 g/mol. The number of ether oxygens (including phenoxy) is 1. The van der Waals surface area contributed by atoms with Crippen LogP contribution in [0.4, 0.5) is 0 Å². The summed E-state index contributed by atoms with van der Waals surface area (Å²) in [4.78, 5) is 0. The van der Waals surface area contributed by atoms with E-state index in [9.17, 15) is 0 Å². The third-order valence-electron chi connectivity index (χ3n) is 3.88. The van der Waals surface area contributed by atoms with Gasteiger partial charge in [-0.2, -0.15) is 0 Å². The summed E-state index contributed by atoms with van der Waals surface area (Å²) in [5.41, 5.74) is 3.24. The second-order valence-corrected chi connectivity index (χ2v) is 7.16.